The van der Waals surface area contributed by atoms with E-state index < -0.39 is 17.7 Å². The largest absolute Gasteiger partial charge is 0.343 e. The Labute approximate surface area is 146 Å². The summed E-state index contributed by atoms with van der Waals surface area (Å²) in [6.45, 7) is 2.01. The Hall–Kier alpha value is -2.18. The third-order valence-corrected chi connectivity index (χ3v) is 4.96. The van der Waals surface area contributed by atoms with Crippen molar-refractivity contribution >= 4 is 17.6 Å². The summed E-state index contributed by atoms with van der Waals surface area (Å²) in [7, 11) is 0. The maximum Gasteiger partial charge on any atom is 0.322 e. The zero-order valence-corrected chi connectivity index (χ0v) is 14.1. The summed E-state index contributed by atoms with van der Waals surface area (Å²) in [5.74, 6) is -1.08. The Bertz CT molecular complexity index is 653. The van der Waals surface area contributed by atoms with Gasteiger partial charge < -0.3 is 15.1 Å². The standard InChI is InChI=1S/C18H23F2N3O2/c19-13-6-7-15(20)16(12-13)21-18(25)23-10-2-1-4-14(23)8-11-22-9-3-5-17(22)24/h6-7,12,14H,1-5,8-11H2,(H,21,25). The second-order valence-electron chi connectivity index (χ2n) is 6.67. The molecule has 25 heavy (non-hydrogen) atoms. The van der Waals surface area contributed by atoms with Crippen LogP contribution in [-0.4, -0.2) is 47.4 Å². The van der Waals surface area contributed by atoms with Gasteiger partial charge in [-0.3, -0.25) is 4.79 Å². The molecule has 0 spiro atoms. The van der Waals surface area contributed by atoms with Crippen molar-refractivity contribution in [1.82, 2.24) is 9.80 Å². The number of rotatable bonds is 4. The van der Waals surface area contributed by atoms with Gasteiger partial charge in [0.25, 0.3) is 0 Å². The smallest absolute Gasteiger partial charge is 0.322 e. The number of anilines is 1. The summed E-state index contributed by atoms with van der Waals surface area (Å²) in [4.78, 5) is 27.8. The third-order valence-electron chi connectivity index (χ3n) is 4.96. The van der Waals surface area contributed by atoms with Gasteiger partial charge in [-0.05, 0) is 44.2 Å². The summed E-state index contributed by atoms with van der Waals surface area (Å²) < 4.78 is 27.0. The van der Waals surface area contributed by atoms with Crippen LogP contribution in [0, 0.1) is 11.6 Å². The number of amides is 3. The van der Waals surface area contributed by atoms with E-state index in [0.29, 0.717) is 25.9 Å². The van der Waals surface area contributed by atoms with Gasteiger partial charge in [-0.1, -0.05) is 0 Å². The first-order valence-corrected chi connectivity index (χ1v) is 8.85. The van der Waals surface area contributed by atoms with Crippen molar-refractivity contribution in [2.75, 3.05) is 25.0 Å². The van der Waals surface area contributed by atoms with Crippen LogP contribution in [0.25, 0.3) is 0 Å². The molecule has 0 aliphatic carbocycles. The number of nitrogens with zero attached hydrogens (tertiary/aromatic N) is 2. The normalized spacial score (nSPS) is 20.9. The molecule has 0 radical (unpaired) electrons. The van der Waals surface area contributed by atoms with Crippen LogP contribution in [0.2, 0.25) is 0 Å². The molecule has 1 aromatic carbocycles. The number of hydrogen-bond acceptors (Lipinski definition) is 2. The number of halogens is 2. The first-order chi connectivity index (χ1) is 12.0. The Morgan fingerprint density at radius 1 is 1.20 bits per heavy atom. The molecule has 1 atom stereocenters. The van der Waals surface area contributed by atoms with E-state index >= 15 is 0 Å². The van der Waals surface area contributed by atoms with Crippen LogP contribution >= 0.6 is 0 Å². The van der Waals surface area contributed by atoms with E-state index in [-0.39, 0.29) is 17.6 Å². The van der Waals surface area contributed by atoms with Gasteiger partial charge in [0, 0.05) is 38.2 Å². The minimum atomic E-state index is -0.661. The maximum atomic E-state index is 13.7. The molecule has 136 valence electrons. The second kappa shape index (κ2) is 7.80. The lowest BCUT2D eigenvalue weighted by Gasteiger charge is -2.36. The minimum Gasteiger partial charge on any atom is -0.343 e. The Morgan fingerprint density at radius 2 is 2.04 bits per heavy atom. The average molecular weight is 351 g/mol. The number of benzene rings is 1. The molecule has 1 aromatic rings. The quantitative estimate of drug-likeness (QED) is 0.904. The van der Waals surface area contributed by atoms with Gasteiger partial charge in [-0.15, -0.1) is 0 Å². The minimum absolute atomic E-state index is 0.0128. The number of piperidine rings is 1. The van der Waals surface area contributed by atoms with Gasteiger partial charge in [-0.25, -0.2) is 13.6 Å². The highest BCUT2D eigenvalue weighted by molar-refractivity contribution is 5.89. The van der Waals surface area contributed by atoms with Crippen molar-refractivity contribution in [1.29, 1.82) is 0 Å². The van der Waals surface area contributed by atoms with E-state index in [1.807, 2.05) is 4.90 Å². The van der Waals surface area contributed by atoms with E-state index in [4.69, 9.17) is 0 Å². The fraction of sp³-hybridized carbons (Fsp3) is 0.556. The van der Waals surface area contributed by atoms with Crippen LogP contribution in [0.5, 0.6) is 0 Å². The molecule has 2 aliphatic heterocycles. The fourth-order valence-electron chi connectivity index (χ4n) is 3.59. The van der Waals surface area contributed by atoms with Crippen molar-refractivity contribution in [3.05, 3.63) is 29.8 Å². The van der Waals surface area contributed by atoms with E-state index in [2.05, 4.69) is 5.32 Å². The summed E-state index contributed by atoms with van der Waals surface area (Å²) >= 11 is 0. The van der Waals surface area contributed by atoms with Crippen LogP contribution in [0.3, 0.4) is 0 Å². The van der Waals surface area contributed by atoms with Gasteiger partial charge in [-0.2, -0.15) is 0 Å². The molecule has 0 saturated carbocycles. The van der Waals surface area contributed by atoms with Gasteiger partial charge in [0.15, 0.2) is 0 Å². The van der Waals surface area contributed by atoms with E-state index in [9.17, 15) is 18.4 Å². The molecular weight excluding hydrogens is 328 g/mol. The highest BCUT2D eigenvalue weighted by atomic mass is 19.1. The van der Waals surface area contributed by atoms with Gasteiger partial charge >= 0.3 is 6.03 Å². The SMILES string of the molecule is O=C1CCCN1CCC1CCCCN1C(=O)Nc1cc(F)ccc1F. The number of carbonyl (C=O) groups excluding carboxylic acids is 2. The number of hydrogen-bond donors (Lipinski definition) is 1. The molecule has 3 amide bonds. The van der Waals surface area contributed by atoms with Crippen LogP contribution in [-0.2, 0) is 4.79 Å². The molecule has 0 aromatic heterocycles. The molecule has 1 unspecified atom stereocenters. The Morgan fingerprint density at radius 3 is 2.80 bits per heavy atom. The van der Waals surface area contributed by atoms with Crippen LogP contribution in [0.1, 0.15) is 38.5 Å². The molecule has 1 N–H and O–H groups in total. The fourth-order valence-corrected chi connectivity index (χ4v) is 3.59. The lowest BCUT2D eigenvalue weighted by Crippen LogP contribution is -2.47. The first kappa shape index (κ1) is 17.6. The first-order valence-electron chi connectivity index (χ1n) is 8.85. The predicted octanol–water partition coefficient (Wildman–Crippen LogP) is 3.36. The van der Waals surface area contributed by atoms with Crippen molar-refractivity contribution in [2.45, 2.75) is 44.6 Å². The van der Waals surface area contributed by atoms with Crippen LogP contribution in [0.4, 0.5) is 19.3 Å². The van der Waals surface area contributed by atoms with Crippen molar-refractivity contribution in [3.8, 4) is 0 Å². The zero-order chi connectivity index (χ0) is 17.8. The average Bonchev–Trinajstić information content (AvgIpc) is 3.01. The molecule has 3 rings (SSSR count). The molecule has 0 bridgehead atoms. The van der Waals surface area contributed by atoms with E-state index in [0.717, 1.165) is 50.4 Å². The van der Waals surface area contributed by atoms with Gasteiger partial charge in [0.05, 0.1) is 5.69 Å². The summed E-state index contributed by atoms with van der Waals surface area (Å²) in [6, 6.07) is 2.59. The molecule has 2 fully saturated rings. The van der Waals surface area contributed by atoms with Crippen molar-refractivity contribution < 1.29 is 18.4 Å². The monoisotopic (exact) mass is 351 g/mol. The molecular formula is C18H23F2N3O2. The van der Waals surface area contributed by atoms with Crippen LogP contribution < -0.4 is 5.32 Å². The number of nitrogens with one attached hydrogen (secondary N) is 1. The number of likely N-dealkylation sites (tertiary alicyclic amines) is 2. The van der Waals surface area contributed by atoms with Crippen molar-refractivity contribution in [3.63, 3.8) is 0 Å². The highest BCUT2D eigenvalue weighted by Gasteiger charge is 2.29. The van der Waals surface area contributed by atoms with Crippen molar-refractivity contribution in [2.24, 2.45) is 0 Å². The summed E-state index contributed by atoms with van der Waals surface area (Å²) in [5, 5.41) is 2.48. The topological polar surface area (TPSA) is 52.7 Å². The molecule has 2 heterocycles. The Kier molecular flexibility index (Phi) is 5.50. The maximum absolute atomic E-state index is 13.7. The van der Waals surface area contributed by atoms with Gasteiger partial charge in [0.1, 0.15) is 11.6 Å². The summed E-state index contributed by atoms with van der Waals surface area (Å²) in [6.07, 6.45) is 4.99. The number of carbonyl (C=O) groups is 2. The molecule has 2 aliphatic rings. The highest BCUT2D eigenvalue weighted by Crippen LogP contribution is 2.23. The Balaban J connectivity index is 1.62. The molecule has 5 nitrogen and oxygen atoms in total. The third kappa shape index (κ3) is 4.27. The summed E-state index contributed by atoms with van der Waals surface area (Å²) in [5.41, 5.74) is -0.149. The van der Waals surface area contributed by atoms with E-state index in [1.165, 1.54) is 0 Å². The van der Waals surface area contributed by atoms with Gasteiger partial charge in [0.2, 0.25) is 5.91 Å². The lowest BCUT2D eigenvalue weighted by atomic mass is 9.99. The lowest BCUT2D eigenvalue weighted by molar-refractivity contribution is -0.127. The molecule has 7 heteroatoms. The van der Waals surface area contributed by atoms with E-state index in [1.54, 1.807) is 4.90 Å². The zero-order valence-electron chi connectivity index (χ0n) is 14.1. The molecule has 2 saturated heterocycles. The predicted molar refractivity (Wildman–Crippen MR) is 90.2 cm³/mol. The van der Waals surface area contributed by atoms with Crippen LogP contribution in [0.15, 0.2) is 18.2 Å². The second-order valence-corrected chi connectivity index (χ2v) is 6.67. The number of urea groups is 1.